The molecule has 0 fully saturated rings. The molecule has 112 valence electrons. The van der Waals surface area contributed by atoms with Crippen LogP contribution in [0.2, 0.25) is 0 Å². The Hall–Kier alpha value is -1.26. The molecule has 0 aliphatic carbocycles. The zero-order valence-electron chi connectivity index (χ0n) is 12.4. The summed E-state index contributed by atoms with van der Waals surface area (Å²) in [6.07, 6.45) is 5.93. The summed E-state index contributed by atoms with van der Waals surface area (Å²) in [6.45, 7) is 1.00. The summed E-state index contributed by atoms with van der Waals surface area (Å²) in [5, 5.41) is 5.85. The Kier molecular flexibility index (Phi) is 6.33. The molecule has 0 aliphatic heterocycles. The monoisotopic (exact) mass is 318 g/mol. The van der Waals surface area contributed by atoms with Crippen LogP contribution in [-0.2, 0) is 0 Å². The second-order valence-corrected chi connectivity index (χ2v) is 6.48. The standard InChI is InChI=1S/C17H22N2S2/c1-21-12-6-2-5-11-19-16-10-9-15(17(18)20)13-7-3-4-8-14(13)16/h3-4,7-10,19H,2,5-6,11-12H2,1H3,(H2,18,20). The largest absolute Gasteiger partial charge is 0.389 e. The lowest BCUT2D eigenvalue weighted by atomic mass is 10.0. The first-order valence-corrected chi connectivity index (χ1v) is 9.08. The molecular formula is C17H22N2S2. The van der Waals surface area contributed by atoms with E-state index in [4.69, 9.17) is 18.0 Å². The summed E-state index contributed by atoms with van der Waals surface area (Å²) in [7, 11) is 0. The molecular weight excluding hydrogens is 296 g/mol. The van der Waals surface area contributed by atoms with Gasteiger partial charge in [-0.1, -0.05) is 42.9 Å². The molecule has 0 aromatic heterocycles. The molecule has 0 amide bonds. The van der Waals surface area contributed by atoms with Gasteiger partial charge >= 0.3 is 0 Å². The molecule has 0 aliphatic rings. The van der Waals surface area contributed by atoms with E-state index in [9.17, 15) is 0 Å². The van der Waals surface area contributed by atoms with E-state index in [1.54, 1.807) is 0 Å². The van der Waals surface area contributed by atoms with Gasteiger partial charge in [-0.3, -0.25) is 0 Å². The van der Waals surface area contributed by atoms with E-state index in [2.05, 4.69) is 35.8 Å². The van der Waals surface area contributed by atoms with Crippen molar-refractivity contribution in [2.75, 3.05) is 23.9 Å². The minimum Gasteiger partial charge on any atom is -0.389 e. The number of hydrogen-bond acceptors (Lipinski definition) is 3. The van der Waals surface area contributed by atoms with Crippen molar-refractivity contribution < 1.29 is 0 Å². The normalized spacial score (nSPS) is 10.7. The van der Waals surface area contributed by atoms with Crippen molar-refractivity contribution >= 4 is 45.4 Å². The smallest absolute Gasteiger partial charge is 0.104 e. The number of rotatable bonds is 8. The van der Waals surface area contributed by atoms with Gasteiger partial charge in [-0.05, 0) is 42.4 Å². The predicted octanol–water partition coefficient (Wildman–Crippen LogP) is 4.42. The Morgan fingerprint density at radius 1 is 1.10 bits per heavy atom. The molecule has 2 aromatic rings. The van der Waals surface area contributed by atoms with Gasteiger partial charge in [-0.25, -0.2) is 0 Å². The highest BCUT2D eigenvalue weighted by Gasteiger charge is 2.06. The Balaban J connectivity index is 2.07. The van der Waals surface area contributed by atoms with E-state index >= 15 is 0 Å². The van der Waals surface area contributed by atoms with Crippen molar-refractivity contribution in [2.24, 2.45) is 5.73 Å². The van der Waals surface area contributed by atoms with Crippen LogP contribution in [0.1, 0.15) is 24.8 Å². The molecule has 0 heterocycles. The Bertz CT molecular complexity index is 611. The Morgan fingerprint density at radius 2 is 1.86 bits per heavy atom. The number of nitrogens with two attached hydrogens (primary N) is 1. The zero-order valence-corrected chi connectivity index (χ0v) is 14.0. The number of thioether (sulfide) groups is 1. The first-order valence-electron chi connectivity index (χ1n) is 7.28. The topological polar surface area (TPSA) is 38.0 Å². The van der Waals surface area contributed by atoms with E-state index in [1.165, 1.54) is 30.4 Å². The molecule has 0 radical (unpaired) electrons. The van der Waals surface area contributed by atoms with Gasteiger partial charge in [0.15, 0.2) is 0 Å². The summed E-state index contributed by atoms with van der Waals surface area (Å²) in [5.41, 5.74) is 7.92. The first-order chi connectivity index (χ1) is 10.2. The fourth-order valence-corrected chi connectivity index (χ4v) is 3.11. The number of nitrogens with one attached hydrogen (secondary N) is 1. The van der Waals surface area contributed by atoms with Crippen LogP contribution in [0.15, 0.2) is 36.4 Å². The highest BCUT2D eigenvalue weighted by molar-refractivity contribution is 7.98. The molecule has 4 heteroatoms. The number of anilines is 1. The zero-order chi connectivity index (χ0) is 15.1. The molecule has 0 saturated heterocycles. The molecule has 2 rings (SSSR count). The van der Waals surface area contributed by atoms with Crippen LogP contribution < -0.4 is 11.1 Å². The molecule has 0 unspecified atom stereocenters. The molecule has 0 spiro atoms. The molecule has 0 atom stereocenters. The van der Waals surface area contributed by atoms with E-state index in [0.717, 1.165) is 23.2 Å². The van der Waals surface area contributed by atoms with Crippen LogP contribution in [0, 0.1) is 0 Å². The van der Waals surface area contributed by atoms with E-state index in [1.807, 2.05) is 23.9 Å². The molecule has 2 aromatic carbocycles. The average molecular weight is 319 g/mol. The second kappa shape index (κ2) is 8.25. The van der Waals surface area contributed by atoms with E-state index in [0.29, 0.717) is 4.99 Å². The molecule has 21 heavy (non-hydrogen) atoms. The highest BCUT2D eigenvalue weighted by atomic mass is 32.2. The minimum absolute atomic E-state index is 0.454. The molecule has 3 N–H and O–H groups in total. The third-order valence-electron chi connectivity index (χ3n) is 3.53. The van der Waals surface area contributed by atoms with E-state index < -0.39 is 0 Å². The van der Waals surface area contributed by atoms with Gasteiger partial charge in [0.1, 0.15) is 4.99 Å². The summed E-state index contributed by atoms with van der Waals surface area (Å²) < 4.78 is 0. The third kappa shape index (κ3) is 4.35. The van der Waals surface area contributed by atoms with Gasteiger partial charge in [0.05, 0.1) is 0 Å². The minimum atomic E-state index is 0.454. The summed E-state index contributed by atoms with van der Waals surface area (Å²) in [4.78, 5) is 0.454. The average Bonchev–Trinajstić information content (AvgIpc) is 2.50. The van der Waals surface area contributed by atoms with Gasteiger partial charge < -0.3 is 11.1 Å². The van der Waals surface area contributed by atoms with Crippen LogP contribution in [0.4, 0.5) is 5.69 Å². The first kappa shape index (κ1) is 16.1. The maximum atomic E-state index is 5.81. The van der Waals surface area contributed by atoms with Crippen LogP contribution in [0.5, 0.6) is 0 Å². The van der Waals surface area contributed by atoms with Crippen molar-refractivity contribution in [1.29, 1.82) is 0 Å². The molecule has 2 nitrogen and oxygen atoms in total. The number of benzene rings is 2. The molecule has 0 saturated carbocycles. The fraction of sp³-hybridized carbons (Fsp3) is 0.353. The number of thiocarbonyl (C=S) groups is 1. The van der Waals surface area contributed by atoms with Crippen molar-refractivity contribution in [2.45, 2.75) is 19.3 Å². The Labute approximate surface area is 136 Å². The lowest BCUT2D eigenvalue weighted by Gasteiger charge is -2.12. The number of unbranched alkanes of at least 4 members (excludes halogenated alkanes) is 2. The highest BCUT2D eigenvalue weighted by Crippen LogP contribution is 2.26. The third-order valence-corrected chi connectivity index (χ3v) is 4.45. The maximum absolute atomic E-state index is 5.81. The Morgan fingerprint density at radius 3 is 2.57 bits per heavy atom. The van der Waals surface area contributed by atoms with Crippen molar-refractivity contribution in [1.82, 2.24) is 0 Å². The van der Waals surface area contributed by atoms with Crippen LogP contribution >= 0.6 is 24.0 Å². The second-order valence-electron chi connectivity index (χ2n) is 5.05. The summed E-state index contributed by atoms with van der Waals surface area (Å²) in [5.74, 6) is 1.26. The lowest BCUT2D eigenvalue weighted by Crippen LogP contribution is -2.10. The summed E-state index contributed by atoms with van der Waals surface area (Å²) >= 11 is 7.05. The number of fused-ring (bicyclic) bond motifs is 1. The van der Waals surface area contributed by atoms with Gasteiger partial charge in [0, 0.05) is 23.2 Å². The fourth-order valence-electron chi connectivity index (χ4n) is 2.44. The van der Waals surface area contributed by atoms with Crippen molar-refractivity contribution in [3.63, 3.8) is 0 Å². The van der Waals surface area contributed by atoms with Gasteiger partial charge in [-0.15, -0.1) is 0 Å². The van der Waals surface area contributed by atoms with Gasteiger partial charge in [-0.2, -0.15) is 11.8 Å². The molecule has 0 bridgehead atoms. The SMILES string of the molecule is CSCCCCCNc1ccc(C(N)=S)c2ccccc12. The van der Waals surface area contributed by atoms with Crippen molar-refractivity contribution in [3.8, 4) is 0 Å². The lowest BCUT2D eigenvalue weighted by molar-refractivity contribution is 0.750. The van der Waals surface area contributed by atoms with Crippen LogP contribution in [0.25, 0.3) is 10.8 Å². The van der Waals surface area contributed by atoms with Crippen molar-refractivity contribution in [3.05, 3.63) is 42.0 Å². The maximum Gasteiger partial charge on any atom is 0.104 e. The summed E-state index contributed by atoms with van der Waals surface area (Å²) in [6, 6.07) is 12.4. The van der Waals surface area contributed by atoms with E-state index in [-0.39, 0.29) is 0 Å². The van der Waals surface area contributed by atoms with Gasteiger partial charge in [0.2, 0.25) is 0 Å². The van der Waals surface area contributed by atoms with Crippen LogP contribution in [0.3, 0.4) is 0 Å². The van der Waals surface area contributed by atoms with Gasteiger partial charge in [0.25, 0.3) is 0 Å². The quantitative estimate of drug-likeness (QED) is 0.558. The number of hydrogen-bond donors (Lipinski definition) is 2. The predicted molar refractivity (Wildman–Crippen MR) is 101 cm³/mol. The van der Waals surface area contributed by atoms with Crippen LogP contribution in [-0.4, -0.2) is 23.5 Å².